The Morgan fingerprint density at radius 2 is 1.97 bits per heavy atom. The molecule has 5 rings (SSSR count). The van der Waals surface area contributed by atoms with Crippen LogP contribution in [0.3, 0.4) is 0 Å². The first-order valence-electron chi connectivity index (χ1n) is 12.6. The fourth-order valence-electron chi connectivity index (χ4n) is 4.86. The summed E-state index contributed by atoms with van der Waals surface area (Å²) in [5.74, 6) is 1.27. The van der Waals surface area contributed by atoms with Gasteiger partial charge in [0.25, 0.3) is 5.91 Å². The molecule has 2 aliphatic heterocycles. The first kappa shape index (κ1) is 24.3. The number of ether oxygens (including phenoxy) is 3. The molecule has 2 aliphatic rings. The molecule has 0 saturated carbocycles. The molecule has 0 aliphatic carbocycles. The van der Waals surface area contributed by atoms with Crippen molar-refractivity contribution >= 4 is 11.8 Å². The summed E-state index contributed by atoms with van der Waals surface area (Å²) in [6, 6.07) is 15.5. The van der Waals surface area contributed by atoms with Crippen LogP contribution in [0.1, 0.15) is 34.3 Å². The molecule has 1 atom stereocenters. The van der Waals surface area contributed by atoms with Crippen molar-refractivity contribution in [3.8, 4) is 17.0 Å². The molecule has 36 heavy (non-hydrogen) atoms. The van der Waals surface area contributed by atoms with Gasteiger partial charge in [-0.15, -0.1) is 0 Å². The van der Waals surface area contributed by atoms with Gasteiger partial charge in [0.15, 0.2) is 0 Å². The van der Waals surface area contributed by atoms with Crippen molar-refractivity contribution in [3.05, 3.63) is 65.2 Å². The number of rotatable bonds is 8. The second-order valence-corrected chi connectivity index (χ2v) is 9.34. The zero-order valence-electron chi connectivity index (χ0n) is 20.9. The molecule has 3 aromatic rings. The average molecular weight is 492 g/mol. The number of aryl methyl sites for hydroxylation is 1. The van der Waals surface area contributed by atoms with Gasteiger partial charge in [0.1, 0.15) is 11.4 Å². The Bertz CT molecular complexity index is 1180. The number of carbonyl (C=O) groups excluding carboxylic acids is 1. The Morgan fingerprint density at radius 3 is 2.72 bits per heavy atom. The van der Waals surface area contributed by atoms with Crippen LogP contribution < -0.4 is 9.64 Å². The van der Waals surface area contributed by atoms with Crippen molar-refractivity contribution in [1.82, 2.24) is 10.1 Å². The molecule has 3 heterocycles. The number of amides is 1. The lowest BCUT2D eigenvalue weighted by Crippen LogP contribution is -2.39. The van der Waals surface area contributed by atoms with Crippen LogP contribution in [0.2, 0.25) is 0 Å². The van der Waals surface area contributed by atoms with E-state index in [1.807, 2.05) is 35.2 Å². The van der Waals surface area contributed by atoms with Crippen LogP contribution in [-0.4, -0.2) is 68.6 Å². The fourth-order valence-corrected chi connectivity index (χ4v) is 4.86. The maximum absolute atomic E-state index is 13.8. The molecule has 1 amide bonds. The summed E-state index contributed by atoms with van der Waals surface area (Å²) in [5, 5.41) is 4.50. The van der Waals surface area contributed by atoms with Gasteiger partial charge in [0.2, 0.25) is 5.88 Å². The Morgan fingerprint density at radius 1 is 1.14 bits per heavy atom. The van der Waals surface area contributed by atoms with Gasteiger partial charge in [-0.3, -0.25) is 4.79 Å². The number of methoxy groups -OCH3 is 1. The number of hydrogen-bond acceptors (Lipinski definition) is 7. The lowest BCUT2D eigenvalue weighted by Gasteiger charge is -2.29. The molecule has 0 N–H and O–H groups in total. The highest BCUT2D eigenvalue weighted by molar-refractivity contribution is 5.94. The highest BCUT2D eigenvalue weighted by atomic mass is 16.5. The molecule has 2 fully saturated rings. The number of aromatic nitrogens is 1. The van der Waals surface area contributed by atoms with Gasteiger partial charge < -0.3 is 28.5 Å². The highest BCUT2D eigenvalue weighted by Crippen LogP contribution is 2.34. The number of anilines is 1. The molecule has 1 aromatic heterocycles. The van der Waals surface area contributed by atoms with Crippen molar-refractivity contribution in [3.63, 3.8) is 0 Å². The van der Waals surface area contributed by atoms with Crippen molar-refractivity contribution < 1.29 is 23.5 Å². The second-order valence-electron chi connectivity index (χ2n) is 9.34. The monoisotopic (exact) mass is 491 g/mol. The summed E-state index contributed by atoms with van der Waals surface area (Å²) >= 11 is 0. The largest absolute Gasteiger partial charge is 0.497 e. The van der Waals surface area contributed by atoms with Crippen molar-refractivity contribution in [2.45, 2.75) is 32.4 Å². The van der Waals surface area contributed by atoms with E-state index >= 15 is 0 Å². The molecule has 0 bridgehead atoms. The fraction of sp³-hybridized carbons (Fsp3) is 0.429. The SMILES string of the molecule is COc1cccc(C(=O)N(Cc2c(-c3cccc(C)c3)noc2N2CCOCC2)CC2CCCO2)c1. The minimum Gasteiger partial charge on any atom is -0.497 e. The Hall–Kier alpha value is -3.36. The number of morpholine rings is 1. The normalized spacial score (nSPS) is 17.8. The van der Waals surface area contributed by atoms with Crippen LogP contribution >= 0.6 is 0 Å². The summed E-state index contributed by atoms with van der Waals surface area (Å²) < 4.78 is 22.8. The quantitative estimate of drug-likeness (QED) is 0.465. The molecule has 190 valence electrons. The average Bonchev–Trinajstić information content (AvgIpc) is 3.58. The summed E-state index contributed by atoms with van der Waals surface area (Å²) in [6.45, 7) is 6.32. The summed E-state index contributed by atoms with van der Waals surface area (Å²) in [7, 11) is 1.60. The van der Waals surface area contributed by atoms with E-state index in [0.717, 1.165) is 41.8 Å². The van der Waals surface area contributed by atoms with E-state index in [2.05, 4.69) is 29.1 Å². The zero-order valence-corrected chi connectivity index (χ0v) is 20.9. The predicted octanol–water partition coefficient (Wildman–Crippen LogP) is 4.32. The molecule has 0 spiro atoms. The van der Waals surface area contributed by atoms with Crippen LogP contribution in [0.25, 0.3) is 11.3 Å². The standard InChI is InChI=1S/C28H33N3O5/c1-20-6-3-7-21(16-20)26-25(28(36-29-26)30-11-14-34-15-12-30)19-31(18-24-10-5-13-35-24)27(32)22-8-4-9-23(17-22)33-2/h3-4,6-9,16-17,24H,5,10-15,18-19H2,1-2H3. The highest BCUT2D eigenvalue weighted by Gasteiger charge is 2.30. The maximum Gasteiger partial charge on any atom is 0.254 e. The number of nitrogens with zero attached hydrogens (tertiary/aromatic N) is 3. The van der Waals surface area contributed by atoms with Crippen molar-refractivity contribution in [2.75, 3.05) is 51.5 Å². The zero-order chi connectivity index (χ0) is 24.9. The summed E-state index contributed by atoms with van der Waals surface area (Å²) in [5.41, 5.74) is 4.35. The molecular weight excluding hydrogens is 458 g/mol. The Balaban J connectivity index is 1.53. The van der Waals surface area contributed by atoms with E-state index in [1.54, 1.807) is 13.2 Å². The van der Waals surface area contributed by atoms with Crippen molar-refractivity contribution in [1.29, 1.82) is 0 Å². The van der Waals surface area contributed by atoms with Gasteiger partial charge in [-0.2, -0.15) is 0 Å². The minimum absolute atomic E-state index is 0.00803. The summed E-state index contributed by atoms with van der Waals surface area (Å²) in [6.07, 6.45) is 1.95. The van der Waals surface area contributed by atoms with E-state index in [1.165, 1.54) is 0 Å². The van der Waals surface area contributed by atoms with Gasteiger partial charge in [-0.1, -0.05) is 35.0 Å². The van der Waals surface area contributed by atoms with Gasteiger partial charge in [0, 0.05) is 37.4 Å². The lowest BCUT2D eigenvalue weighted by atomic mass is 10.0. The summed E-state index contributed by atoms with van der Waals surface area (Å²) in [4.78, 5) is 17.9. The molecule has 2 saturated heterocycles. The lowest BCUT2D eigenvalue weighted by molar-refractivity contribution is 0.0507. The first-order valence-corrected chi connectivity index (χ1v) is 12.6. The third-order valence-corrected chi connectivity index (χ3v) is 6.76. The van der Waals surface area contributed by atoms with Crippen LogP contribution in [0.5, 0.6) is 5.75 Å². The molecular formula is C28H33N3O5. The molecule has 0 radical (unpaired) electrons. The number of carbonyl (C=O) groups is 1. The van der Waals surface area contributed by atoms with Crippen LogP contribution in [0, 0.1) is 6.92 Å². The minimum atomic E-state index is -0.0753. The topological polar surface area (TPSA) is 77.3 Å². The number of benzene rings is 2. The molecule has 1 unspecified atom stereocenters. The van der Waals surface area contributed by atoms with Gasteiger partial charge in [0.05, 0.1) is 38.5 Å². The van der Waals surface area contributed by atoms with Gasteiger partial charge >= 0.3 is 0 Å². The van der Waals surface area contributed by atoms with Crippen LogP contribution in [0.15, 0.2) is 53.1 Å². The van der Waals surface area contributed by atoms with Crippen molar-refractivity contribution in [2.24, 2.45) is 0 Å². The third-order valence-electron chi connectivity index (χ3n) is 6.76. The molecule has 8 nitrogen and oxygen atoms in total. The third kappa shape index (κ3) is 5.39. The predicted molar refractivity (Wildman–Crippen MR) is 136 cm³/mol. The van der Waals surface area contributed by atoms with Gasteiger partial charge in [-0.25, -0.2) is 0 Å². The van der Waals surface area contributed by atoms with E-state index < -0.39 is 0 Å². The molecule has 8 heteroatoms. The van der Waals surface area contributed by atoms with E-state index in [9.17, 15) is 4.79 Å². The smallest absolute Gasteiger partial charge is 0.254 e. The van der Waals surface area contributed by atoms with Gasteiger partial charge in [-0.05, 0) is 44.0 Å². The van der Waals surface area contributed by atoms with E-state index in [4.69, 9.17) is 18.7 Å². The second kappa shape index (κ2) is 11.1. The Kier molecular flexibility index (Phi) is 7.53. The van der Waals surface area contributed by atoms with E-state index in [0.29, 0.717) is 56.6 Å². The molecule has 2 aromatic carbocycles. The van der Waals surface area contributed by atoms with Crippen LogP contribution in [-0.2, 0) is 16.0 Å². The number of hydrogen-bond donors (Lipinski definition) is 0. The van der Waals surface area contributed by atoms with Crippen LogP contribution in [0.4, 0.5) is 5.88 Å². The Labute approximate surface area is 211 Å². The maximum atomic E-state index is 13.8. The van der Waals surface area contributed by atoms with E-state index in [-0.39, 0.29) is 12.0 Å². The first-order chi connectivity index (χ1) is 17.6.